The van der Waals surface area contributed by atoms with Gasteiger partial charge in [-0.15, -0.1) is 0 Å². The summed E-state index contributed by atoms with van der Waals surface area (Å²) in [5.41, 5.74) is 7.18. The second-order valence-corrected chi connectivity index (χ2v) is 4.50. The van der Waals surface area contributed by atoms with Gasteiger partial charge in [-0.2, -0.15) is 12.6 Å². The van der Waals surface area contributed by atoms with E-state index in [2.05, 4.69) is 39.7 Å². The maximum absolute atomic E-state index is 5.74. The molecule has 1 aliphatic rings. The molecule has 3 rings (SSSR count). The molecule has 1 aliphatic carbocycles. The second kappa shape index (κ2) is 3.48. The number of allylic oxidation sites excluding steroid dienone is 1. The largest absolute Gasteiger partial charge is 0.382 e. The highest BCUT2D eigenvalue weighted by Gasteiger charge is 2.20. The minimum Gasteiger partial charge on any atom is -0.382 e. The number of aromatic nitrogens is 4. The fourth-order valence-electron chi connectivity index (χ4n) is 1.98. The van der Waals surface area contributed by atoms with E-state index in [0.717, 1.165) is 12.1 Å². The van der Waals surface area contributed by atoms with Crippen LogP contribution in [-0.2, 0) is 0 Å². The number of nitrogens with two attached hydrogens (primary N) is 1. The molecule has 0 saturated heterocycles. The molecule has 0 aromatic carbocycles. The molecule has 5 nitrogen and oxygen atoms in total. The summed E-state index contributed by atoms with van der Waals surface area (Å²) in [7, 11) is 0. The van der Waals surface area contributed by atoms with Crippen LogP contribution in [0.5, 0.6) is 0 Å². The van der Waals surface area contributed by atoms with Crippen molar-refractivity contribution in [2.45, 2.75) is 17.7 Å². The molecule has 0 bridgehead atoms. The molecule has 2 atom stereocenters. The monoisotopic (exact) mass is 233 g/mol. The molecule has 0 fully saturated rings. The zero-order chi connectivity index (χ0) is 11.1. The minimum absolute atomic E-state index is 0.266. The lowest BCUT2D eigenvalue weighted by molar-refractivity contribution is 0.607. The molecule has 1 unspecified atom stereocenters. The third kappa shape index (κ3) is 1.37. The van der Waals surface area contributed by atoms with Gasteiger partial charge >= 0.3 is 0 Å². The summed E-state index contributed by atoms with van der Waals surface area (Å²) in [6, 6.07) is 0.266. The fraction of sp³-hybridized carbons (Fsp3) is 0.300. The zero-order valence-corrected chi connectivity index (χ0v) is 9.38. The normalized spacial score (nSPS) is 24.3. The number of anilines is 1. The first kappa shape index (κ1) is 9.65. The van der Waals surface area contributed by atoms with Gasteiger partial charge in [-0.1, -0.05) is 12.2 Å². The Kier molecular flexibility index (Phi) is 2.10. The predicted molar refractivity (Wildman–Crippen MR) is 65.3 cm³/mol. The number of imidazole rings is 1. The Balaban J connectivity index is 2.12. The number of hydrogen-bond acceptors (Lipinski definition) is 5. The van der Waals surface area contributed by atoms with E-state index in [1.54, 1.807) is 6.33 Å². The SMILES string of the molecule is Nc1ncnc2c1ncn2C1C=C[C@@H](S)C1. The van der Waals surface area contributed by atoms with Crippen LogP contribution in [0.3, 0.4) is 0 Å². The van der Waals surface area contributed by atoms with Crippen LogP contribution in [0.2, 0.25) is 0 Å². The van der Waals surface area contributed by atoms with Gasteiger partial charge in [0.25, 0.3) is 0 Å². The van der Waals surface area contributed by atoms with Crippen molar-refractivity contribution in [1.29, 1.82) is 0 Å². The third-order valence-corrected chi connectivity index (χ3v) is 3.17. The summed E-state index contributed by atoms with van der Waals surface area (Å²) in [6.45, 7) is 0. The average Bonchev–Trinajstić information content (AvgIpc) is 2.84. The lowest BCUT2D eigenvalue weighted by Gasteiger charge is -2.10. The molecule has 2 aromatic heterocycles. The van der Waals surface area contributed by atoms with Gasteiger partial charge in [0.2, 0.25) is 0 Å². The summed E-state index contributed by atoms with van der Waals surface area (Å²) in [5, 5.41) is 0.307. The quantitative estimate of drug-likeness (QED) is 0.573. The maximum Gasteiger partial charge on any atom is 0.165 e. The molecule has 0 amide bonds. The van der Waals surface area contributed by atoms with E-state index in [-0.39, 0.29) is 6.04 Å². The first-order chi connectivity index (χ1) is 7.75. The maximum atomic E-state index is 5.74. The summed E-state index contributed by atoms with van der Waals surface area (Å²) in [6.07, 6.45) is 8.39. The Morgan fingerprint density at radius 3 is 2.94 bits per heavy atom. The number of nitrogen functional groups attached to an aromatic ring is 1. The Morgan fingerprint density at radius 1 is 1.31 bits per heavy atom. The van der Waals surface area contributed by atoms with Gasteiger partial charge in [-0.3, -0.25) is 0 Å². The summed E-state index contributed by atoms with van der Waals surface area (Å²) in [5.74, 6) is 0.424. The summed E-state index contributed by atoms with van der Waals surface area (Å²) >= 11 is 4.42. The van der Waals surface area contributed by atoms with Crippen LogP contribution in [0.25, 0.3) is 11.2 Å². The Morgan fingerprint density at radius 2 is 2.19 bits per heavy atom. The Labute approximate surface area is 97.8 Å². The minimum atomic E-state index is 0.266. The topological polar surface area (TPSA) is 69.6 Å². The van der Waals surface area contributed by atoms with Crippen LogP contribution in [-0.4, -0.2) is 24.8 Å². The van der Waals surface area contributed by atoms with Crippen LogP contribution >= 0.6 is 12.6 Å². The molecule has 6 heteroatoms. The summed E-state index contributed by atoms with van der Waals surface area (Å²) < 4.78 is 2.01. The van der Waals surface area contributed by atoms with Crippen molar-refractivity contribution in [3.63, 3.8) is 0 Å². The van der Waals surface area contributed by atoms with Crippen molar-refractivity contribution in [3.05, 3.63) is 24.8 Å². The molecule has 16 heavy (non-hydrogen) atoms. The van der Waals surface area contributed by atoms with Gasteiger partial charge in [0.1, 0.15) is 11.8 Å². The van der Waals surface area contributed by atoms with E-state index in [4.69, 9.17) is 5.73 Å². The zero-order valence-electron chi connectivity index (χ0n) is 8.48. The number of thiol groups is 1. The van der Waals surface area contributed by atoms with E-state index in [9.17, 15) is 0 Å². The standard InChI is InChI=1S/C10H11N5S/c11-9-8-10(13-4-12-9)15(5-14-8)6-1-2-7(16)3-6/h1-2,4-7,16H,3H2,(H2,11,12,13)/t6?,7-/m1/s1. The van der Waals surface area contributed by atoms with Gasteiger partial charge in [0, 0.05) is 5.25 Å². The van der Waals surface area contributed by atoms with Crippen molar-refractivity contribution in [2.75, 3.05) is 5.73 Å². The number of nitrogens with zero attached hydrogens (tertiary/aromatic N) is 4. The van der Waals surface area contributed by atoms with Crippen LogP contribution in [0.4, 0.5) is 5.82 Å². The van der Waals surface area contributed by atoms with Crippen molar-refractivity contribution in [3.8, 4) is 0 Å². The van der Waals surface area contributed by atoms with Gasteiger partial charge in [0.05, 0.1) is 12.4 Å². The molecule has 2 aromatic rings. The highest BCUT2D eigenvalue weighted by Crippen LogP contribution is 2.29. The average molecular weight is 233 g/mol. The van der Waals surface area contributed by atoms with Crippen molar-refractivity contribution in [1.82, 2.24) is 19.5 Å². The molecule has 2 heterocycles. The van der Waals surface area contributed by atoms with Gasteiger partial charge in [-0.05, 0) is 6.42 Å². The van der Waals surface area contributed by atoms with Crippen LogP contribution in [0.1, 0.15) is 12.5 Å². The Bertz CT molecular complexity index is 561. The first-order valence-electron chi connectivity index (χ1n) is 5.05. The molecule has 2 N–H and O–H groups in total. The van der Waals surface area contributed by atoms with E-state index in [1.807, 2.05) is 4.57 Å². The van der Waals surface area contributed by atoms with Crippen molar-refractivity contribution < 1.29 is 0 Å². The fourth-order valence-corrected chi connectivity index (χ4v) is 2.30. The van der Waals surface area contributed by atoms with Crippen LogP contribution in [0.15, 0.2) is 24.8 Å². The van der Waals surface area contributed by atoms with Gasteiger partial charge in [0.15, 0.2) is 11.5 Å². The van der Waals surface area contributed by atoms with Crippen LogP contribution in [0, 0.1) is 0 Å². The van der Waals surface area contributed by atoms with Gasteiger partial charge in [-0.25, -0.2) is 15.0 Å². The van der Waals surface area contributed by atoms with E-state index in [0.29, 0.717) is 16.6 Å². The molecule has 0 saturated carbocycles. The van der Waals surface area contributed by atoms with E-state index >= 15 is 0 Å². The molecule has 0 aliphatic heterocycles. The second-order valence-electron chi connectivity index (χ2n) is 3.84. The lowest BCUT2D eigenvalue weighted by atomic mass is 10.2. The van der Waals surface area contributed by atoms with E-state index in [1.165, 1.54) is 6.33 Å². The number of rotatable bonds is 1. The number of hydrogen-bond donors (Lipinski definition) is 2. The highest BCUT2D eigenvalue weighted by atomic mass is 32.1. The van der Waals surface area contributed by atoms with Gasteiger partial charge < -0.3 is 10.3 Å². The van der Waals surface area contributed by atoms with Crippen molar-refractivity contribution in [2.24, 2.45) is 0 Å². The molecular formula is C10H11N5S. The Hall–Kier alpha value is -1.56. The first-order valence-corrected chi connectivity index (χ1v) is 5.57. The van der Waals surface area contributed by atoms with Crippen LogP contribution < -0.4 is 5.73 Å². The smallest absolute Gasteiger partial charge is 0.165 e. The number of fused-ring (bicyclic) bond motifs is 1. The predicted octanol–water partition coefficient (Wildman–Crippen LogP) is 1.21. The van der Waals surface area contributed by atoms with E-state index < -0.39 is 0 Å². The molecule has 0 radical (unpaired) electrons. The lowest BCUT2D eigenvalue weighted by Crippen LogP contribution is -2.06. The summed E-state index contributed by atoms with van der Waals surface area (Å²) in [4.78, 5) is 12.4. The molecular weight excluding hydrogens is 222 g/mol. The third-order valence-electron chi connectivity index (χ3n) is 2.78. The molecule has 0 spiro atoms. The van der Waals surface area contributed by atoms with Crippen molar-refractivity contribution >= 4 is 29.6 Å². The highest BCUT2D eigenvalue weighted by molar-refractivity contribution is 7.81. The molecule has 82 valence electrons.